The van der Waals surface area contributed by atoms with Crippen molar-refractivity contribution in [3.05, 3.63) is 107 Å². The third-order valence-electron chi connectivity index (χ3n) is 7.22. The number of carbonyl (C=O) groups is 2. The summed E-state index contributed by atoms with van der Waals surface area (Å²) in [6.45, 7) is 6.34. The molecule has 206 valence electrons. The Morgan fingerprint density at radius 3 is 2.10 bits per heavy atom. The second-order valence-corrected chi connectivity index (χ2v) is 10.8. The molecule has 6 nitrogen and oxygen atoms in total. The van der Waals surface area contributed by atoms with Crippen LogP contribution in [0.2, 0.25) is 5.02 Å². The Morgan fingerprint density at radius 2 is 1.46 bits per heavy atom. The lowest BCUT2D eigenvalue weighted by Gasteiger charge is -2.33. The highest BCUT2D eigenvalue weighted by atomic mass is 35.5. The first kappa shape index (κ1) is 28.8. The minimum atomic E-state index is -0.672. The van der Waals surface area contributed by atoms with E-state index < -0.39 is 6.04 Å². The minimum Gasteiger partial charge on any atom is -0.344 e. The molecule has 0 aliphatic carbocycles. The van der Waals surface area contributed by atoms with Crippen LogP contribution in [-0.4, -0.2) is 78.9 Å². The van der Waals surface area contributed by atoms with Gasteiger partial charge in [0.2, 0.25) is 11.8 Å². The topological polar surface area (TPSA) is 55.9 Å². The lowest BCUT2D eigenvalue weighted by Crippen LogP contribution is -2.50. The van der Waals surface area contributed by atoms with Gasteiger partial charge in [0.15, 0.2) is 0 Å². The van der Waals surface area contributed by atoms with Crippen LogP contribution >= 0.6 is 11.6 Å². The zero-order valence-electron chi connectivity index (χ0n) is 22.8. The lowest BCUT2D eigenvalue weighted by molar-refractivity contribution is -0.137. The van der Waals surface area contributed by atoms with E-state index in [0.717, 1.165) is 55.8 Å². The number of carbonyl (C=O) groups excluding carboxylic acids is 2. The van der Waals surface area contributed by atoms with Gasteiger partial charge in [-0.15, -0.1) is 0 Å². The Bertz CT molecular complexity index is 1170. The van der Waals surface area contributed by atoms with Gasteiger partial charge in [0.05, 0.1) is 6.42 Å². The summed E-state index contributed by atoms with van der Waals surface area (Å²) in [6.07, 6.45) is 1.52. The zero-order chi connectivity index (χ0) is 27.5. The van der Waals surface area contributed by atoms with Crippen LogP contribution in [0.25, 0.3) is 0 Å². The summed E-state index contributed by atoms with van der Waals surface area (Å²) in [6, 6.07) is 26.5. The molecule has 4 rings (SSSR count). The molecule has 1 atom stereocenters. The summed E-state index contributed by atoms with van der Waals surface area (Å²) < 4.78 is 0. The molecule has 0 spiro atoms. The van der Waals surface area contributed by atoms with Crippen molar-refractivity contribution in [1.82, 2.24) is 20.0 Å². The molecule has 0 bridgehead atoms. The van der Waals surface area contributed by atoms with Crippen LogP contribution in [0.5, 0.6) is 0 Å². The molecule has 1 saturated heterocycles. The van der Waals surface area contributed by atoms with Gasteiger partial charge in [-0.2, -0.15) is 0 Å². The van der Waals surface area contributed by atoms with Crippen LogP contribution in [0.3, 0.4) is 0 Å². The smallest absolute Gasteiger partial charge is 0.245 e. The Kier molecular flexibility index (Phi) is 11.0. The van der Waals surface area contributed by atoms with Crippen LogP contribution in [0, 0.1) is 0 Å². The molecule has 0 aromatic heterocycles. The average molecular weight is 547 g/mol. The van der Waals surface area contributed by atoms with Gasteiger partial charge in [-0.1, -0.05) is 84.4 Å². The van der Waals surface area contributed by atoms with Crippen molar-refractivity contribution in [2.45, 2.75) is 31.8 Å². The highest BCUT2D eigenvalue weighted by Crippen LogP contribution is 2.15. The summed E-state index contributed by atoms with van der Waals surface area (Å²) in [5, 5.41) is 3.70. The standard InChI is InChI=1S/C32H39ClN4O2/c1-35-19-21-36(22-20-35)17-8-18-37(25-28-11-6-3-7-12-28)32(39)30(23-27-13-15-29(33)16-14-27)34-31(38)24-26-9-4-2-5-10-26/h2-7,9-16,30H,8,17-25H2,1H3,(H,34,38)/t30-/m0/s1. The van der Waals surface area contributed by atoms with Crippen LogP contribution in [0.4, 0.5) is 0 Å². The second-order valence-electron chi connectivity index (χ2n) is 10.4. The fraction of sp³-hybridized carbons (Fsp3) is 0.375. The summed E-state index contributed by atoms with van der Waals surface area (Å²) in [5.74, 6) is -0.223. The number of rotatable bonds is 12. The van der Waals surface area contributed by atoms with E-state index in [2.05, 4.69) is 22.2 Å². The molecule has 7 heteroatoms. The minimum absolute atomic E-state index is 0.0615. The van der Waals surface area contributed by atoms with Gasteiger partial charge in [0.25, 0.3) is 0 Å². The molecule has 2 amide bonds. The van der Waals surface area contributed by atoms with E-state index in [4.69, 9.17) is 11.6 Å². The number of halogens is 1. The maximum atomic E-state index is 14.1. The molecule has 0 unspecified atom stereocenters. The maximum absolute atomic E-state index is 14.1. The largest absolute Gasteiger partial charge is 0.344 e. The number of nitrogens with one attached hydrogen (secondary N) is 1. The molecule has 39 heavy (non-hydrogen) atoms. The van der Waals surface area contributed by atoms with E-state index in [1.165, 1.54) is 0 Å². The Hall–Kier alpha value is -3.19. The van der Waals surface area contributed by atoms with Gasteiger partial charge in [0, 0.05) is 50.7 Å². The van der Waals surface area contributed by atoms with E-state index in [0.29, 0.717) is 24.5 Å². The monoisotopic (exact) mass is 546 g/mol. The van der Waals surface area contributed by atoms with Crippen molar-refractivity contribution in [2.75, 3.05) is 46.3 Å². The lowest BCUT2D eigenvalue weighted by atomic mass is 10.0. The Balaban J connectivity index is 1.49. The van der Waals surface area contributed by atoms with Crippen molar-refractivity contribution in [2.24, 2.45) is 0 Å². The van der Waals surface area contributed by atoms with Crippen molar-refractivity contribution in [3.63, 3.8) is 0 Å². The van der Waals surface area contributed by atoms with Crippen molar-refractivity contribution in [1.29, 1.82) is 0 Å². The van der Waals surface area contributed by atoms with Gasteiger partial charge in [-0.25, -0.2) is 0 Å². The molecule has 1 heterocycles. The maximum Gasteiger partial charge on any atom is 0.245 e. The number of benzene rings is 3. The second kappa shape index (κ2) is 14.8. The fourth-order valence-electron chi connectivity index (χ4n) is 4.93. The van der Waals surface area contributed by atoms with E-state index in [1.54, 1.807) is 0 Å². The number of likely N-dealkylation sites (N-methyl/N-ethyl adjacent to an activating group) is 1. The van der Waals surface area contributed by atoms with E-state index in [9.17, 15) is 9.59 Å². The number of amides is 2. The zero-order valence-corrected chi connectivity index (χ0v) is 23.5. The summed E-state index contributed by atoms with van der Waals surface area (Å²) >= 11 is 6.10. The normalized spacial score (nSPS) is 15.0. The Labute approximate surface area is 237 Å². The van der Waals surface area contributed by atoms with Gasteiger partial charge >= 0.3 is 0 Å². The van der Waals surface area contributed by atoms with Crippen molar-refractivity contribution in [3.8, 4) is 0 Å². The summed E-state index contributed by atoms with van der Waals surface area (Å²) in [4.78, 5) is 33.9. The quantitative estimate of drug-likeness (QED) is 0.368. The van der Waals surface area contributed by atoms with Crippen molar-refractivity contribution >= 4 is 23.4 Å². The van der Waals surface area contributed by atoms with E-state index >= 15 is 0 Å². The van der Waals surface area contributed by atoms with Crippen LogP contribution in [-0.2, 0) is 29.0 Å². The highest BCUT2D eigenvalue weighted by molar-refractivity contribution is 6.30. The number of hydrogen-bond donors (Lipinski definition) is 1. The number of nitrogens with zero attached hydrogens (tertiary/aromatic N) is 3. The first-order valence-corrected chi connectivity index (χ1v) is 14.2. The predicted octanol–water partition coefficient (Wildman–Crippen LogP) is 4.28. The number of piperazine rings is 1. The molecule has 1 aliphatic heterocycles. The molecule has 1 N–H and O–H groups in total. The third-order valence-corrected chi connectivity index (χ3v) is 7.47. The predicted molar refractivity (Wildman–Crippen MR) is 158 cm³/mol. The first-order valence-electron chi connectivity index (χ1n) is 13.8. The van der Waals surface area contributed by atoms with Gasteiger partial charge in [-0.3, -0.25) is 9.59 Å². The van der Waals surface area contributed by atoms with E-state index in [1.807, 2.05) is 89.8 Å². The molecule has 0 radical (unpaired) electrons. The van der Waals surface area contributed by atoms with Crippen molar-refractivity contribution < 1.29 is 9.59 Å². The van der Waals surface area contributed by atoms with E-state index in [-0.39, 0.29) is 18.2 Å². The highest BCUT2D eigenvalue weighted by Gasteiger charge is 2.27. The Morgan fingerprint density at radius 1 is 0.846 bits per heavy atom. The van der Waals surface area contributed by atoms with Crippen LogP contribution < -0.4 is 5.32 Å². The molecule has 0 saturated carbocycles. The average Bonchev–Trinajstić information content (AvgIpc) is 2.95. The molecule has 3 aromatic rings. The summed E-state index contributed by atoms with van der Waals surface area (Å²) in [5.41, 5.74) is 2.95. The van der Waals surface area contributed by atoms with Crippen LogP contribution in [0.1, 0.15) is 23.1 Å². The van der Waals surface area contributed by atoms with Gasteiger partial charge < -0.3 is 20.0 Å². The first-order chi connectivity index (χ1) is 19.0. The van der Waals surface area contributed by atoms with Gasteiger partial charge in [0.1, 0.15) is 6.04 Å². The molecule has 3 aromatic carbocycles. The fourth-order valence-corrected chi connectivity index (χ4v) is 5.06. The SMILES string of the molecule is CN1CCN(CCCN(Cc2ccccc2)C(=O)[C@H](Cc2ccc(Cl)cc2)NC(=O)Cc2ccccc2)CC1. The number of hydrogen-bond acceptors (Lipinski definition) is 4. The third kappa shape index (κ3) is 9.50. The molecular weight excluding hydrogens is 508 g/mol. The molecular formula is C32H39ClN4O2. The molecule has 1 aliphatic rings. The summed E-state index contributed by atoms with van der Waals surface area (Å²) in [7, 11) is 2.16. The van der Waals surface area contributed by atoms with Crippen LogP contribution in [0.15, 0.2) is 84.9 Å². The molecule has 1 fully saturated rings. The van der Waals surface area contributed by atoms with Gasteiger partial charge in [-0.05, 0) is 48.8 Å².